The lowest BCUT2D eigenvalue weighted by Crippen LogP contribution is -2.38. The van der Waals surface area contributed by atoms with Crippen molar-refractivity contribution in [2.45, 2.75) is 0 Å². The minimum atomic E-state index is -3.05. The van der Waals surface area contributed by atoms with Crippen LogP contribution in [0.1, 0.15) is 0 Å². The molecule has 5 heteroatoms. The van der Waals surface area contributed by atoms with Crippen molar-refractivity contribution < 1.29 is 13.8 Å². The van der Waals surface area contributed by atoms with E-state index in [1.54, 1.807) is 0 Å². The van der Waals surface area contributed by atoms with Crippen LogP contribution >= 0.6 is 7.37 Å². The maximum absolute atomic E-state index is 13.6. The Balaban J connectivity index is 1.75. The Hall–Kier alpha value is -1.45. The summed E-state index contributed by atoms with van der Waals surface area (Å²) in [5.41, 5.74) is 0. The zero-order valence-corrected chi connectivity index (χ0v) is 14.0. The van der Waals surface area contributed by atoms with Gasteiger partial charge in [0, 0.05) is 30.2 Å². The predicted molar refractivity (Wildman–Crippen MR) is 93.0 cm³/mol. The van der Waals surface area contributed by atoms with Crippen LogP contribution in [0.4, 0.5) is 0 Å². The van der Waals surface area contributed by atoms with E-state index in [9.17, 15) is 4.57 Å². The van der Waals surface area contributed by atoms with Gasteiger partial charge in [0.2, 0.25) is 0 Å². The maximum Gasteiger partial charge on any atom is 0.261 e. The molecule has 0 atom stereocenters. The molecule has 0 N–H and O–H groups in total. The quantitative estimate of drug-likeness (QED) is 0.761. The van der Waals surface area contributed by atoms with E-state index >= 15 is 0 Å². The van der Waals surface area contributed by atoms with Crippen molar-refractivity contribution in [3.05, 3.63) is 60.7 Å². The van der Waals surface area contributed by atoms with Crippen LogP contribution in [-0.2, 0) is 13.8 Å². The Kier molecular flexibility index (Phi) is 5.63. The first kappa shape index (κ1) is 16.4. The van der Waals surface area contributed by atoms with Crippen molar-refractivity contribution in [1.29, 1.82) is 0 Å². The summed E-state index contributed by atoms with van der Waals surface area (Å²) >= 11 is 0. The number of morpholine rings is 1. The molecule has 0 amide bonds. The zero-order valence-electron chi connectivity index (χ0n) is 13.1. The lowest BCUT2D eigenvalue weighted by molar-refractivity contribution is 0.0326. The van der Waals surface area contributed by atoms with E-state index in [4.69, 9.17) is 9.26 Å². The van der Waals surface area contributed by atoms with Crippen LogP contribution in [0, 0.1) is 0 Å². The Labute approximate surface area is 137 Å². The van der Waals surface area contributed by atoms with Crippen molar-refractivity contribution >= 4 is 18.0 Å². The normalized spacial score (nSPS) is 16.3. The Bertz CT molecular complexity index is 598. The largest absolute Gasteiger partial charge is 0.379 e. The van der Waals surface area contributed by atoms with Gasteiger partial charge in [0.25, 0.3) is 7.37 Å². The number of benzene rings is 2. The lowest BCUT2D eigenvalue weighted by Gasteiger charge is -2.27. The average molecular weight is 331 g/mol. The first-order valence-electron chi connectivity index (χ1n) is 7.95. The highest BCUT2D eigenvalue weighted by molar-refractivity contribution is 7.74. The second kappa shape index (κ2) is 7.89. The molecule has 2 aromatic rings. The van der Waals surface area contributed by atoms with Crippen molar-refractivity contribution in [3.8, 4) is 0 Å². The fourth-order valence-electron chi connectivity index (χ4n) is 2.67. The number of hydrogen-bond acceptors (Lipinski definition) is 4. The Morgan fingerprint density at radius 1 is 0.913 bits per heavy atom. The molecule has 0 aromatic heterocycles. The lowest BCUT2D eigenvalue weighted by atomic mass is 10.4. The highest BCUT2D eigenvalue weighted by Crippen LogP contribution is 2.44. The van der Waals surface area contributed by atoms with Gasteiger partial charge in [-0.25, -0.2) is 0 Å². The summed E-state index contributed by atoms with van der Waals surface area (Å²) in [6.07, 6.45) is 0. The molecule has 1 fully saturated rings. The molecule has 4 nitrogen and oxygen atoms in total. The van der Waals surface area contributed by atoms with Gasteiger partial charge in [0.15, 0.2) is 0 Å². The number of ether oxygens (including phenoxy) is 1. The highest BCUT2D eigenvalue weighted by Gasteiger charge is 2.28. The predicted octanol–water partition coefficient (Wildman–Crippen LogP) is 2.26. The molecule has 0 aliphatic carbocycles. The summed E-state index contributed by atoms with van der Waals surface area (Å²) in [5.74, 6) is 0. The Morgan fingerprint density at radius 3 is 1.96 bits per heavy atom. The van der Waals surface area contributed by atoms with Crippen LogP contribution in [0.2, 0.25) is 0 Å². The highest BCUT2D eigenvalue weighted by atomic mass is 31.2. The molecular formula is C18H22NO3P. The van der Waals surface area contributed by atoms with E-state index in [0.717, 1.165) is 43.5 Å². The van der Waals surface area contributed by atoms with Gasteiger partial charge in [-0.15, -0.1) is 0 Å². The van der Waals surface area contributed by atoms with Crippen molar-refractivity contribution in [1.82, 2.24) is 4.90 Å². The van der Waals surface area contributed by atoms with Crippen molar-refractivity contribution in [2.75, 3.05) is 39.5 Å². The topological polar surface area (TPSA) is 38.8 Å². The number of rotatable bonds is 6. The molecule has 0 unspecified atom stereocenters. The molecule has 1 aliphatic rings. The maximum atomic E-state index is 13.6. The van der Waals surface area contributed by atoms with Crippen molar-refractivity contribution in [3.63, 3.8) is 0 Å². The van der Waals surface area contributed by atoms with Gasteiger partial charge in [0.1, 0.15) is 0 Å². The van der Waals surface area contributed by atoms with Gasteiger partial charge in [-0.05, 0) is 24.3 Å². The zero-order chi connectivity index (χ0) is 16.0. The summed E-state index contributed by atoms with van der Waals surface area (Å²) in [4.78, 5) is 2.28. The standard InChI is InChI=1S/C18H22NO3P/c20-23(17-7-3-1-4-8-17,18-9-5-2-6-10-18)22-16-13-19-11-14-21-15-12-19/h1-10H,11-16H2. The van der Waals surface area contributed by atoms with Crippen LogP contribution in [0.5, 0.6) is 0 Å². The third kappa shape index (κ3) is 4.10. The van der Waals surface area contributed by atoms with E-state index < -0.39 is 7.37 Å². The fraction of sp³-hybridized carbons (Fsp3) is 0.333. The van der Waals surface area contributed by atoms with Crippen molar-refractivity contribution in [2.24, 2.45) is 0 Å². The van der Waals surface area contributed by atoms with E-state index in [0.29, 0.717) is 6.61 Å². The first-order chi connectivity index (χ1) is 11.3. The molecule has 3 rings (SSSR count). The average Bonchev–Trinajstić information content (AvgIpc) is 2.64. The minimum absolute atomic E-state index is 0.446. The molecule has 2 aromatic carbocycles. The summed E-state index contributed by atoms with van der Waals surface area (Å²) in [5, 5.41) is 1.49. The fourth-order valence-corrected chi connectivity index (χ4v) is 4.73. The molecule has 1 aliphatic heterocycles. The van der Waals surface area contributed by atoms with E-state index in [-0.39, 0.29) is 0 Å². The van der Waals surface area contributed by atoms with E-state index in [1.165, 1.54) is 0 Å². The molecule has 122 valence electrons. The number of hydrogen-bond donors (Lipinski definition) is 0. The van der Waals surface area contributed by atoms with Gasteiger partial charge in [-0.3, -0.25) is 9.46 Å². The molecule has 0 saturated carbocycles. The second-order valence-corrected chi connectivity index (χ2v) is 7.90. The first-order valence-corrected chi connectivity index (χ1v) is 9.57. The Morgan fingerprint density at radius 2 is 1.43 bits per heavy atom. The molecule has 0 bridgehead atoms. The van der Waals surface area contributed by atoms with Gasteiger partial charge in [0.05, 0.1) is 19.8 Å². The van der Waals surface area contributed by atoms with Gasteiger partial charge < -0.3 is 9.26 Å². The number of nitrogens with zero attached hydrogens (tertiary/aromatic N) is 1. The van der Waals surface area contributed by atoms with Crippen LogP contribution in [0.25, 0.3) is 0 Å². The SMILES string of the molecule is O=P(OCCN1CCOCC1)(c1ccccc1)c1ccccc1. The van der Waals surface area contributed by atoms with Crippen LogP contribution < -0.4 is 10.6 Å². The summed E-state index contributed by atoms with van der Waals surface area (Å²) in [7, 11) is -3.05. The van der Waals surface area contributed by atoms with Crippen LogP contribution in [0.15, 0.2) is 60.7 Å². The molecule has 0 spiro atoms. The monoisotopic (exact) mass is 331 g/mol. The third-order valence-electron chi connectivity index (χ3n) is 3.98. The smallest absolute Gasteiger partial charge is 0.261 e. The molecular weight excluding hydrogens is 309 g/mol. The van der Waals surface area contributed by atoms with Gasteiger partial charge >= 0.3 is 0 Å². The molecule has 23 heavy (non-hydrogen) atoms. The van der Waals surface area contributed by atoms with Gasteiger partial charge in [-0.2, -0.15) is 0 Å². The molecule has 1 saturated heterocycles. The van der Waals surface area contributed by atoms with Crippen LogP contribution in [0.3, 0.4) is 0 Å². The molecule has 0 radical (unpaired) electrons. The second-order valence-electron chi connectivity index (χ2n) is 5.51. The summed E-state index contributed by atoms with van der Waals surface area (Å²) < 4.78 is 24.9. The van der Waals surface area contributed by atoms with E-state index in [1.807, 2.05) is 60.7 Å². The van der Waals surface area contributed by atoms with E-state index in [2.05, 4.69) is 4.90 Å². The van der Waals surface area contributed by atoms with Gasteiger partial charge in [-0.1, -0.05) is 36.4 Å². The third-order valence-corrected chi connectivity index (χ3v) is 6.48. The summed E-state index contributed by atoms with van der Waals surface area (Å²) in [6, 6.07) is 19.0. The molecule has 1 heterocycles. The van der Waals surface area contributed by atoms with Crippen LogP contribution in [-0.4, -0.2) is 44.4 Å². The minimum Gasteiger partial charge on any atom is -0.379 e. The summed E-state index contributed by atoms with van der Waals surface area (Å²) in [6.45, 7) is 4.55.